The van der Waals surface area contributed by atoms with Crippen LogP contribution in [-0.4, -0.2) is 14.9 Å². The molecule has 2 rings (SSSR count). The number of nitrogens with one attached hydrogen (secondary N) is 2. The molecule has 0 aliphatic rings. The number of nitro benzene ring substituents is 1. The normalized spacial score (nSPS) is 10.3. The zero-order valence-corrected chi connectivity index (χ0v) is 11.5. The van der Waals surface area contributed by atoms with E-state index < -0.39 is 4.92 Å². The first-order valence-corrected chi connectivity index (χ1v) is 6.72. The fraction of sp³-hybridized carbons (Fsp3) is 0.0909. The van der Waals surface area contributed by atoms with Crippen LogP contribution in [0.15, 0.2) is 34.2 Å². The molecule has 0 saturated heterocycles. The van der Waals surface area contributed by atoms with E-state index in [1.807, 2.05) is 0 Å². The Kier molecular flexibility index (Phi) is 4.40. The predicted octanol–water partition coefficient (Wildman–Crippen LogP) is 0.838. The number of aromatic nitrogens is 2. The summed E-state index contributed by atoms with van der Waals surface area (Å²) in [4.78, 5) is 28.2. The lowest BCUT2D eigenvalue weighted by molar-refractivity contribution is -0.384. The number of hydrogen-bond donors (Lipinski definition) is 4. The molecule has 0 atom stereocenters. The molecule has 2 aromatic rings. The van der Waals surface area contributed by atoms with E-state index in [1.165, 1.54) is 23.9 Å². The second-order valence-electron chi connectivity index (χ2n) is 3.98. The number of hydrazine groups is 1. The minimum atomic E-state index is -0.524. The van der Waals surface area contributed by atoms with Crippen molar-refractivity contribution in [1.82, 2.24) is 9.97 Å². The van der Waals surface area contributed by atoms with Crippen LogP contribution in [0.4, 0.5) is 17.2 Å². The van der Waals surface area contributed by atoms with Gasteiger partial charge in [0.2, 0.25) is 0 Å². The number of nitrogens with zero attached hydrogens (tertiary/aromatic N) is 2. The van der Waals surface area contributed by atoms with Gasteiger partial charge in [-0.25, -0.2) is 4.98 Å². The Labute approximate surface area is 122 Å². The van der Waals surface area contributed by atoms with Crippen molar-refractivity contribution in [2.24, 2.45) is 5.84 Å². The van der Waals surface area contributed by atoms with Crippen LogP contribution in [0.5, 0.6) is 0 Å². The molecule has 1 aromatic carbocycles. The number of nitro groups is 1. The quantitative estimate of drug-likeness (QED) is 0.208. The van der Waals surface area contributed by atoms with E-state index in [0.717, 1.165) is 0 Å². The molecule has 10 heteroatoms. The van der Waals surface area contributed by atoms with Crippen molar-refractivity contribution in [3.05, 3.63) is 50.3 Å². The molecule has 0 spiro atoms. The number of benzene rings is 1. The van der Waals surface area contributed by atoms with E-state index in [1.54, 1.807) is 12.1 Å². The molecular weight excluding hydrogens is 296 g/mol. The fourth-order valence-electron chi connectivity index (χ4n) is 1.69. The Hall–Kier alpha value is -2.59. The molecule has 0 fully saturated rings. The topological polar surface area (TPSA) is 153 Å². The van der Waals surface area contributed by atoms with Gasteiger partial charge in [0.25, 0.3) is 11.2 Å². The fourth-order valence-corrected chi connectivity index (χ4v) is 2.57. The minimum Gasteiger partial charge on any atom is -0.383 e. The zero-order valence-electron chi connectivity index (χ0n) is 10.7. The highest BCUT2D eigenvalue weighted by atomic mass is 32.2. The summed E-state index contributed by atoms with van der Waals surface area (Å²) < 4.78 is 0. The van der Waals surface area contributed by atoms with Gasteiger partial charge >= 0.3 is 0 Å². The van der Waals surface area contributed by atoms with Crippen molar-refractivity contribution in [1.29, 1.82) is 0 Å². The Balaban J connectivity index is 2.25. The molecule has 21 heavy (non-hydrogen) atoms. The van der Waals surface area contributed by atoms with Crippen molar-refractivity contribution >= 4 is 29.0 Å². The molecule has 1 aromatic heterocycles. The summed E-state index contributed by atoms with van der Waals surface area (Å²) in [6.07, 6.45) is 0. The Morgan fingerprint density at radius 1 is 1.48 bits per heavy atom. The number of hydrogen-bond acceptors (Lipinski definition) is 8. The van der Waals surface area contributed by atoms with E-state index in [9.17, 15) is 14.9 Å². The molecule has 0 amide bonds. The molecule has 0 bridgehead atoms. The molecule has 0 unspecified atom stereocenters. The summed E-state index contributed by atoms with van der Waals surface area (Å²) in [7, 11) is 0. The molecule has 0 radical (unpaired) electrons. The lowest BCUT2D eigenvalue weighted by atomic mass is 10.2. The summed E-state index contributed by atoms with van der Waals surface area (Å²) in [6, 6.07) is 5.78. The van der Waals surface area contributed by atoms with Gasteiger partial charge < -0.3 is 16.1 Å². The maximum atomic E-state index is 11.3. The first-order valence-electron chi connectivity index (χ1n) is 5.74. The highest BCUT2D eigenvalue weighted by Crippen LogP contribution is 2.31. The van der Waals surface area contributed by atoms with E-state index in [-0.39, 0.29) is 22.8 Å². The summed E-state index contributed by atoms with van der Waals surface area (Å²) in [5.41, 5.74) is 8.17. The van der Waals surface area contributed by atoms with Gasteiger partial charge in [-0.15, -0.1) is 0 Å². The van der Waals surface area contributed by atoms with Gasteiger partial charge in [0, 0.05) is 17.9 Å². The number of para-hydroxylation sites is 1. The van der Waals surface area contributed by atoms with Crippen LogP contribution in [0.2, 0.25) is 0 Å². The maximum absolute atomic E-state index is 11.3. The predicted molar refractivity (Wildman–Crippen MR) is 79.7 cm³/mol. The van der Waals surface area contributed by atoms with Crippen LogP contribution >= 0.6 is 11.8 Å². The Morgan fingerprint density at radius 2 is 2.24 bits per heavy atom. The molecule has 0 aliphatic heterocycles. The molecule has 1 heterocycles. The smallest absolute Gasteiger partial charge is 0.293 e. The van der Waals surface area contributed by atoms with Crippen LogP contribution in [0.25, 0.3) is 0 Å². The molecular formula is C11H12N6O3S. The Bertz CT molecular complexity index is 732. The van der Waals surface area contributed by atoms with Crippen LogP contribution in [0.1, 0.15) is 5.56 Å². The van der Waals surface area contributed by atoms with Gasteiger partial charge in [-0.2, -0.15) is 0 Å². The SMILES string of the molecule is NNc1c(CSc2nc(N)cc(=O)[nH]2)cccc1[N+](=O)[O-]. The van der Waals surface area contributed by atoms with Gasteiger partial charge in [0.15, 0.2) is 5.16 Å². The van der Waals surface area contributed by atoms with Crippen molar-refractivity contribution in [3.63, 3.8) is 0 Å². The standard InChI is InChI=1S/C11H12N6O3S/c12-8-4-9(18)15-11(14-8)21-5-6-2-1-3-7(17(19)20)10(6)16-13/h1-4,16H,5,13H2,(H3,12,14,15,18). The van der Waals surface area contributed by atoms with Gasteiger partial charge in [-0.05, 0) is 5.56 Å². The third kappa shape index (κ3) is 3.49. The number of nitrogens with two attached hydrogens (primary N) is 2. The van der Waals surface area contributed by atoms with Crippen LogP contribution in [0, 0.1) is 10.1 Å². The largest absolute Gasteiger partial charge is 0.383 e. The Morgan fingerprint density at radius 3 is 2.86 bits per heavy atom. The summed E-state index contributed by atoms with van der Waals surface area (Å²) in [6.45, 7) is 0. The number of thioether (sulfide) groups is 1. The summed E-state index contributed by atoms with van der Waals surface area (Å²) >= 11 is 1.19. The van der Waals surface area contributed by atoms with E-state index in [0.29, 0.717) is 16.5 Å². The third-order valence-corrected chi connectivity index (χ3v) is 3.50. The molecule has 6 N–H and O–H groups in total. The number of aromatic amines is 1. The highest BCUT2D eigenvalue weighted by Gasteiger charge is 2.16. The average Bonchev–Trinajstić information content (AvgIpc) is 2.43. The summed E-state index contributed by atoms with van der Waals surface area (Å²) in [5, 5.41) is 11.3. The average molecular weight is 308 g/mol. The van der Waals surface area contributed by atoms with Crippen molar-refractivity contribution in [3.8, 4) is 0 Å². The third-order valence-electron chi connectivity index (χ3n) is 2.57. The van der Waals surface area contributed by atoms with E-state index in [4.69, 9.17) is 11.6 Å². The lowest BCUT2D eigenvalue weighted by Gasteiger charge is -2.08. The number of H-pyrrole nitrogens is 1. The number of anilines is 2. The second-order valence-corrected chi connectivity index (χ2v) is 4.94. The second kappa shape index (κ2) is 6.24. The summed E-state index contributed by atoms with van der Waals surface area (Å²) in [5.74, 6) is 5.79. The van der Waals surface area contributed by atoms with Crippen molar-refractivity contribution in [2.45, 2.75) is 10.9 Å². The van der Waals surface area contributed by atoms with Gasteiger partial charge in [0.05, 0.1) is 4.92 Å². The minimum absolute atomic E-state index is 0.109. The zero-order chi connectivity index (χ0) is 15.4. The van der Waals surface area contributed by atoms with Gasteiger partial charge in [-0.3, -0.25) is 20.8 Å². The van der Waals surface area contributed by atoms with E-state index in [2.05, 4.69) is 15.4 Å². The highest BCUT2D eigenvalue weighted by molar-refractivity contribution is 7.98. The lowest BCUT2D eigenvalue weighted by Crippen LogP contribution is -2.12. The molecule has 9 nitrogen and oxygen atoms in total. The van der Waals surface area contributed by atoms with Crippen LogP contribution < -0.4 is 22.6 Å². The van der Waals surface area contributed by atoms with E-state index >= 15 is 0 Å². The monoisotopic (exact) mass is 308 g/mol. The first-order chi connectivity index (χ1) is 10.0. The van der Waals surface area contributed by atoms with Crippen LogP contribution in [0.3, 0.4) is 0 Å². The maximum Gasteiger partial charge on any atom is 0.293 e. The molecule has 0 saturated carbocycles. The molecule has 0 aliphatic carbocycles. The number of nitrogen functional groups attached to an aromatic ring is 2. The van der Waals surface area contributed by atoms with Gasteiger partial charge in [0.1, 0.15) is 11.5 Å². The van der Waals surface area contributed by atoms with Crippen molar-refractivity contribution in [2.75, 3.05) is 11.2 Å². The molecule has 110 valence electrons. The van der Waals surface area contributed by atoms with Crippen LogP contribution in [-0.2, 0) is 5.75 Å². The number of rotatable bonds is 5. The first kappa shape index (κ1) is 14.8. The van der Waals surface area contributed by atoms with Gasteiger partial charge in [-0.1, -0.05) is 23.9 Å². The van der Waals surface area contributed by atoms with Crippen molar-refractivity contribution < 1.29 is 4.92 Å².